The molecule has 0 aliphatic heterocycles. The standard InChI is InChI=1S/C13H11ClFN3O3S2/c1-2-21-10(19)6-22-13-18-17-12(23-13)16-11(20)8-5-7(14)3-4-9(8)15/h3-5H,2,6H2,1H3,(H,16,17,20). The summed E-state index contributed by atoms with van der Waals surface area (Å²) >= 11 is 7.96. The van der Waals surface area contributed by atoms with Crippen LogP contribution in [-0.4, -0.2) is 34.4 Å². The minimum Gasteiger partial charge on any atom is -0.465 e. The SMILES string of the molecule is CCOC(=O)CSc1nnc(NC(=O)c2cc(Cl)ccc2F)s1. The van der Waals surface area contributed by atoms with Crippen LogP contribution >= 0.6 is 34.7 Å². The van der Waals surface area contributed by atoms with Crippen molar-refractivity contribution in [1.29, 1.82) is 0 Å². The van der Waals surface area contributed by atoms with Crippen molar-refractivity contribution in [2.75, 3.05) is 17.7 Å². The maximum Gasteiger partial charge on any atom is 0.316 e. The molecule has 0 aliphatic rings. The van der Waals surface area contributed by atoms with Crippen molar-refractivity contribution < 1.29 is 18.7 Å². The molecule has 1 N–H and O–H groups in total. The Balaban J connectivity index is 1.97. The highest BCUT2D eigenvalue weighted by Gasteiger charge is 2.15. The molecule has 122 valence electrons. The molecule has 6 nitrogen and oxygen atoms in total. The van der Waals surface area contributed by atoms with Crippen LogP contribution in [-0.2, 0) is 9.53 Å². The number of esters is 1. The third kappa shape index (κ3) is 5.15. The number of nitrogens with zero attached hydrogens (tertiary/aromatic N) is 2. The lowest BCUT2D eigenvalue weighted by Gasteiger charge is -2.03. The Kier molecular flexibility index (Phi) is 6.31. The second-order valence-corrected chi connectivity index (χ2v) is 6.68. The molecule has 23 heavy (non-hydrogen) atoms. The molecule has 0 fully saturated rings. The summed E-state index contributed by atoms with van der Waals surface area (Å²) in [5.74, 6) is -1.63. The zero-order chi connectivity index (χ0) is 16.8. The zero-order valence-electron chi connectivity index (χ0n) is 11.8. The van der Waals surface area contributed by atoms with E-state index in [1.165, 1.54) is 12.1 Å². The molecule has 0 saturated heterocycles. The lowest BCUT2D eigenvalue weighted by Crippen LogP contribution is -2.13. The van der Waals surface area contributed by atoms with Gasteiger partial charge in [-0.05, 0) is 25.1 Å². The van der Waals surface area contributed by atoms with Crippen LogP contribution in [0.1, 0.15) is 17.3 Å². The monoisotopic (exact) mass is 375 g/mol. The van der Waals surface area contributed by atoms with Gasteiger partial charge in [0.2, 0.25) is 5.13 Å². The highest BCUT2D eigenvalue weighted by molar-refractivity contribution is 8.01. The van der Waals surface area contributed by atoms with E-state index in [2.05, 4.69) is 15.5 Å². The van der Waals surface area contributed by atoms with E-state index in [4.69, 9.17) is 16.3 Å². The fourth-order valence-corrected chi connectivity index (χ4v) is 3.19. The van der Waals surface area contributed by atoms with Crippen LogP contribution in [0.4, 0.5) is 9.52 Å². The number of anilines is 1. The molecule has 2 aromatic rings. The second kappa shape index (κ2) is 8.23. The number of halogens is 2. The van der Waals surface area contributed by atoms with Gasteiger partial charge >= 0.3 is 5.97 Å². The number of hydrogen-bond acceptors (Lipinski definition) is 7. The third-order valence-corrected chi connectivity index (χ3v) is 4.60. The number of amides is 1. The van der Waals surface area contributed by atoms with E-state index in [0.29, 0.717) is 10.9 Å². The molecule has 0 unspecified atom stereocenters. The summed E-state index contributed by atoms with van der Waals surface area (Å²) in [6.07, 6.45) is 0. The van der Waals surface area contributed by atoms with Crippen molar-refractivity contribution in [3.8, 4) is 0 Å². The Labute approximate surface area is 144 Å². The van der Waals surface area contributed by atoms with E-state index in [0.717, 1.165) is 29.2 Å². The van der Waals surface area contributed by atoms with Crippen LogP contribution in [0.2, 0.25) is 5.02 Å². The number of rotatable bonds is 6. The van der Waals surface area contributed by atoms with Gasteiger partial charge in [0, 0.05) is 5.02 Å². The Bertz CT molecular complexity index is 726. The average Bonchev–Trinajstić information content (AvgIpc) is 2.95. The lowest BCUT2D eigenvalue weighted by molar-refractivity contribution is -0.139. The van der Waals surface area contributed by atoms with Crippen LogP contribution in [0.5, 0.6) is 0 Å². The van der Waals surface area contributed by atoms with E-state index in [1.54, 1.807) is 6.92 Å². The number of nitrogens with one attached hydrogen (secondary N) is 1. The first-order valence-electron chi connectivity index (χ1n) is 6.38. The van der Waals surface area contributed by atoms with Gasteiger partial charge in [0.25, 0.3) is 5.91 Å². The van der Waals surface area contributed by atoms with Gasteiger partial charge in [-0.2, -0.15) is 0 Å². The first-order chi connectivity index (χ1) is 11.0. The van der Waals surface area contributed by atoms with Crippen molar-refractivity contribution in [1.82, 2.24) is 10.2 Å². The highest BCUT2D eigenvalue weighted by atomic mass is 35.5. The Morgan fingerprint density at radius 1 is 1.43 bits per heavy atom. The fraction of sp³-hybridized carbons (Fsp3) is 0.231. The Hall–Kier alpha value is -1.71. The molecular weight excluding hydrogens is 365 g/mol. The smallest absolute Gasteiger partial charge is 0.316 e. The minimum atomic E-state index is -0.687. The third-order valence-electron chi connectivity index (χ3n) is 2.42. The van der Waals surface area contributed by atoms with E-state index >= 15 is 0 Å². The molecule has 0 aliphatic carbocycles. The molecule has 10 heteroatoms. The molecule has 2 rings (SSSR count). The predicted molar refractivity (Wildman–Crippen MR) is 86.6 cm³/mol. The minimum absolute atomic E-state index is 0.0966. The molecule has 1 amide bonds. The summed E-state index contributed by atoms with van der Waals surface area (Å²) in [7, 11) is 0. The quantitative estimate of drug-likeness (QED) is 0.474. The topological polar surface area (TPSA) is 81.2 Å². The van der Waals surface area contributed by atoms with Gasteiger partial charge in [-0.15, -0.1) is 10.2 Å². The number of carbonyl (C=O) groups is 2. The van der Waals surface area contributed by atoms with Crippen molar-refractivity contribution in [3.63, 3.8) is 0 Å². The molecule has 0 atom stereocenters. The van der Waals surface area contributed by atoms with E-state index in [-0.39, 0.29) is 27.4 Å². The van der Waals surface area contributed by atoms with Gasteiger partial charge in [-0.25, -0.2) is 4.39 Å². The fourth-order valence-electron chi connectivity index (χ4n) is 1.48. The van der Waals surface area contributed by atoms with Crippen LogP contribution in [0.15, 0.2) is 22.5 Å². The Morgan fingerprint density at radius 3 is 2.96 bits per heavy atom. The maximum atomic E-state index is 13.6. The molecule has 0 radical (unpaired) electrons. The second-order valence-electron chi connectivity index (χ2n) is 4.05. The molecule has 0 bridgehead atoms. The summed E-state index contributed by atoms with van der Waals surface area (Å²) < 4.78 is 18.9. The number of ether oxygens (including phenoxy) is 1. The first-order valence-corrected chi connectivity index (χ1v) is 8.56. The lowest BCUT2D eigenvalue weighted by atomic mass is 10.2. The molecule has 0 spiro atoms. The predicted octanol–water partition coefficient (Wildman–Crippen LogP) is 3.24. The Morgan fingerprint density at radius 2 is 2.22 bits per heavy atom. The number of hydrogen-bond donors (Lipinski definition) is 1. The van der Waals surface area contributed by atoms with E-state index in [1.807, 2.05) is 0 Å². The number of carbonyl (C=O) groups excluding carboxylic acids is 2. The van der Waals surface area contributed by atoms with E-state index < -0.39 is 11.7 Å². The number of aromatic nitrogens is 2. The molecular formula is C13H11ClFN3O3S2. The van der Waals surface area contributed by atoms with Crippen LogP contribution in [0, 0.1) is 5.82 Å². The average molecular weight is 376 g/mol. The summed E-state index contributed by atoms with van der Waals surface area (Å²) in [5, 5.41) is 10.5. The molecule has 1 heterocycles. The summed E-state index contributed by atoms with van der Waals surface area (Å²) in [5.41, 5.74) is -0.187. The van der Waals surface area contributed by atoms with Crippen molar-refractivity contribution in [2.24, 2.45) is 0 Å². The molecule has 1 aromatic heterocycles. The van der Waals surface area contributed by atoms with Gasteiger partial charge in [0.05, 0.1) is 17.9 Å². The number of benzene rings is 1. The van der Waals surface area contributed by atoms with Gasteiger partial charge in [0.15, 0.2) is 4.34 Å². The summed E-state index contributed by atoms with van der Waals surface area (Å²) in [6.45, 7) is 2.03. The van der Waals surface area contributed by atoms with Crippen LogP contribution in [0.25, 0.3) is 0 Å². The first kappa shape index (κ1) is 17.6. The van der Waals surface area contributed by atoms with Crippen LogP contribution < -0.4 is 5.32 Å². The number of thioether (sulfide) groups is 1. The van der Waals surface area contributed by atoms with Gasteiger partial charge in [-0.1, -0.05) is 34.7 Å². The van der Waals surface area contributed by atoms with Crippen molar-refractivity contribution in [2.45, 2.75) is 11.3 Å². The molecule has 0 saturated carbocycles. The van der Waals surface area contributed by atoms with Crippen molar-refractivity contribution in [3.05, 3.63) is 34.6 Å². The largest absolute Gasteiger partial charge is 0.465 e. The van der Waals surface area contributed by atoms with Gasteiger partial charge in [0.1, 0.15) is 5.82 Å². The van der Waals surface area contributed by atoms with Crippen molar-refractivity contribution >= 4 is 51.7 Å². The van der Waals surface area contributed by atoms with E-state index in [9.17, 15) is 14.0 Å². The highest BCUT2D eigenvalue weighted by Crippen LogP contribution is 2.26. The zero-order valence-corrected chi connectivity index (χ0v) is 14.2. The van der Waals surface area contributed by atoms with Gasteiger partial charge in [-0.3, -0.25) is 14.9 Å². The summed E-state index contributed by atoms with van der Waals surface area (Å²) in [6, 6.07) is 3.68. The summed E-state index contributed by atoms with van der Waals surface area (Å²) in [4.78, 5) is 23.2. The maximum absolute atomic E-state index is 13.6. The van der Waals surface area contributed by atoms with Gasteiger partial charge < -0.3 is 4.74 Å². The van der Waals surface area contributed by atoms with Crippen LogP contribution in [0.3, 0.4) is 0 Å². The molecule has 1 aromatic carbocycles. The normalized spacial score (nSPS) is 10.4.